The van der Waals surface area contributed by atoms with E-state index in [2.05, 4.69) is 11.4 Å². The minimum atomic E-state index is -0.189. The number of aryl methyl sites for hydroxylation is 1. The smallest absolute Gasteiger partial charge is 0.274 e. The van der Waals surface area contributed by atoms with Crippen molar-refractivity contribution >= 4 is 17.7 Å². The van der Waals surface area contributed by atoms with E-state index in [-0.39, 0.29) is 11.5 Å². The zero-order valence-corrected chi connectivity index (χ0v) is 12.6. The van der Waals surface area contributed by atoms with Crippen LogP contribution in [0.3, 0.4) is 0 Å². The van der Waals surface area contributed by atoms with E-state index in [0.717, 1.165) is 25.7 Å². The molecule has 2 bridgehead atoms. The highest BCUT2D eigenvalue weighted by Crippen LogP contribution is 2.40. The molecule has 0 saturated carbocycles. The number of nitrogens with zero attached hydrogens (tertiary/aromatic N) is 3. The third kappa shape index (κ3) is 2.26. The SMILES string of the molecule is CSC1CC2CCC(C1)N2C(=O)c1ccc(=O)n(C)n1. The fraction of sp³-hybridized carbons (Fsp3) is 0.643. The first kappa shape index (κ1) is 13.7. The molecule has 0 N–H and O–H groups in total. The monoisotopic (exact) mass is 293 g/mol. The molecule has 0 aromatic carbocycles. The van der Waals surface area contributed by atoms with E-state index in [1.807, 2.05) is 16.7 Å². The number of fused-ring (bicyclic) bond motifs is 2. The van der Waals surface area contributed by atoms with Gasteiger partial charge in [0.15, 0.2) is 0 Å². The van der Waals surface area contributed by atoms with Gasteiger partial charge in [0.1, 0.15) is 5.69 Å². The van der Waals surface area contributed by atoms with Gasteiger partial charge in [0.2, 0.25) is 0 Å². The minimum absolute atomic E-state index is 0.0207. The van der Waals surface area contributed by atoms with Crippen LogP contribution in [0.4, 0.5) is 0 Å². The summed E-state index contributed by atoms with van der Waals surface area (Å²) in [7, 11) is 1.58. The van der Waals surface area contributed by atoms with Crippen LogP contribution in [0.5, 0.6) is 0 Å². The van der Waals surface area contributed by atoms with Crippen molar-refractivity contribution in [3.8, 4) is 0 Å². The first-order valence-electron chi connectivity index (χ1n) is 7.00. The van der Waals surface area contributed by atoms with E-state index in [9.17, 15) is 9.59 Å². The second-order valence-electron chi connectivity index (χ2n) is 5.61. The number of thioether (sulfide) groups is 1. The maximum atomic E-state index is 12.7. The van der Waals surface area contributed by atoms with Crippen LogP contribution in [0, 0.1) is 0 Å². The fourth-order valence-corrected chi connectivity index (χ4v) is 4.23. The van der Waals surface area contributed by atoms with Crippen molar-refractivity contribution in [2.75, 3.05) is 6.26 Å². The second kappa shape index (κ2) is 5.24. The van der Waals surface area contributed by atoms with Crippen molar-refractivity contribution in [3.63, 3.8) is 0 Å². The van der Waals surface area contributed by atoms with Gasteiger partial charge in [-0.2, -0.15) is 16.9 Å². The van der Waals surface area contributed by atoms with Crippen LogP contribution in [-0.4, -0.2) is 44.2 Å². The summed E-state index contributed by atoms with van der Waals surface area (Å²) >= 11 is 1.91. The molecule has 2 saturated heterocycles. The van der Waals surface area contributed by atoms with Gasteiger partial charge in [-0.05, 0) is 38.0 Å². The van der Waals surface area contributed by atoms with E-state index in [1.165, 1.54) is 10.7 Å². The highest BCUT2D eigenvalue weighted by molar-refractivity contribution is 7.99. The lowest BCUT2D eigenvalue weighted by Gasteiger charge is -2.38. The molecule has 2 aliphatic rings. The molecule has 6 heteroatoms. The van der Waals surface area contributed by atoms with Crippen molar-refractivity contribution < 1.29 is 4.79 Å². The van der Waals surface area contributed by atoms with Gasteiger partial charge in [0.25, 0.3) is 11.5 Å². The molecule has 0 radical (unpaired) electrons. The Balaban J connectivity index is 1.84. The Bertz CT molecular complexity index is 572. The number of carbonyl (C=O) groups is 1. The average Bonchev–Trinajstić information content (AvgIpc) is 2.71. The number of aromatic nitrogens is 2. The third-order valence-electron chi connectivity index (χ3n) is 4.44. The van der Waals surface area contributed by atoms with Gasteiger partial charge >= 0.3 is 0 Å². The largest absolute Gasteiger partial charge is 0.331 e. The quantitative estimate of drug-likeness (QED) is 0.824. The van der Waals surface area contributed by atoms with Crippen molar-refractivity contribution in [1.29, 1.82) is 0 Å². The summed E-state index contributed by atoms with van der Waals surface area (Å²) in [4.78, 5) is 26.0. The molecule has 0 spiro atoms. The lowest BCUT2D eigenvalue weighted by atomic mass is 10.0. The molecule has 1 amide bonds. The van der Waals surface area contributed by atoms with Gasteiger partial charge in [-0.15, -0.1) is 0 Å². The van der Waals surface area contributed by atoms with E-state index in [1.54, 1.807) is 13.1 Å². The summed E-state index contributed by atoms with van der Waals surface area (Å²) in [5.74, 6) is -0.0207. The van der Waals surface area contributed by atoms with Crippen molar-refractivity contribution in [1.82, 2.24) is 14.7 Å². The third-order valence-corrected chi connectivity index (χ3v) is 5.49. The standard InChI is InChI=1S/C14H19N3O2S/c1-16-13(18)6-5-12(15-16)14(19)17-9-3-4-10(17)8-11(7-9)20-2/h5-6,9-11H,3-4,7-8H2,1-2H3. The van der Waals surface area contributed by atoms with Gasteiger partial charge in [0, 0.05) is 30.4 Å². The Morgan fingerprint density at radius 3 is 2.50 bits per heavy atom. The van der Waals surface area contributed by atoms with Crippen LogP contribution in [0.25, 0.3) is 0 Å². The molecule has 2 aliphatic heterocycles. The van der Waals surface area contributed by atoms with Crippen LogP contribution >= 0.6 is 11.8 Å². The highest BCUT2D eigenvalue weighted by Gasteiger charge is 2.43. The Morgan fingerprint density at radius 1 is 1.30 bits per heavy atom. The summed E-state index contributed by atoms with van der Waals surface area (Å²) in [6.45, 7) is 0. The van der Waals surface area contributed by atoms with Gasteiger partial charge < -0.3 is 4.90 Å². The molecule has 3 rings (SSSR count). The van der Waals surface area contributed by atoms with Crippen LogP contribution in [-0.2, 0) is 7.05 Å². The second-order valence-corrected chi connectivity index (χ2v) is 6.75. The van der Waals surface area contributed by atoms with Gasteiger partial charge in [-0.1, -0.05) is 0 Å². The molecule has 5 nitrogen and oxygen atoms in total. The van der Waals surface area contributed by atoms with E-state index < -0.39 is 0 Å². The molecule has 2 fully saturated rings. The van der Waals surface area contributed by atoms with Gasteiger partial charge in [-0.3, -0.25) is 9.59 Å². The van der Waals surface area contributed by atoms with E-state index >= 15 is 0 Å². The molecule has 2 atom stereocenters. The van der Waals surface area contributed by atoms with E-state index in [0.29, 0.717) is 23.0 Å². The Hall–Kier alpha value is -1.30. The maximum absolute atomic E-state index is 12.7. The zero-order chi connectivity index (χ0) is 14.3. The number of amides is 1. The first-order chi connectivity index (χ1) is 9.60. The normalized spacial score (nSPS) is 28.7. The summed E-state index contributed by atoms with van der Waals surface area (Å²) in [5.41, 5.74) is 0.192. The predicted molar refractivity (Wildman–Crippen MR) is 79.0 cm³/mol. The van der Waals surface area contributed by atoms with Crippen LogP contribution < -0.4 is 5.56 Å². The average molecular weight is 293 g/mol. The maximum Gasteiger partial charge on any atom is 0.274 e. The molecule has 1 aromatic heterocycles. The Morgan fingerprint density at radius 2 is 1.95 bits per heavy atom. The van der Waals surface area contributed by atoms with Gasteiger partial charge in [-0.25, -0.2) is 4.68 Å². The number of carbonyl (C=O) groups excluding carboxylic acids is 1. The topological polar surface area (TPSA) is 55.2 Å². The molecule has 0 aliphatic carbocycles. The summed E-state index contributed by atoms with van der Waals surface area (Å²) in [6, 6.07) is 3.65. The lowest BCUT2D eigenvalue weighted by molar-refractivity contribution is 0.0593. The van der Waals surface area contributed by atoms with Crippen molar-refractivity contribution in [3.05, 3.63) is 28.2 Å². The minimum Gasteiger partial charge on any atom is -0.331 e. The zero-order valence-electron chi connectivity index (χ0n) is 11.8. The number of rotatable bonds is 2. The molecule has 108 valence electrons. The highest BCUT2D eigenvalue weighted by atomic mass is 32.2. The van der Waals surface area contributed by atoms with Crippen molar-refractivity contribution in [2.45, 2.75) is 43.0 Å². The van der Waals surface area contributed by atoms with Crippen molar-refractivity contribution in [2.24, 2.45) is 7.05 Å². The van der Waals surface area contributed by atoms with Crippen LogP contribution in [0.2, 0.25) is 0 Å². The predicted octanol–water partition coefficient (Wildman–Crippen LogP) is 1.28. The molecular weight excluding hydrogens is 274 g/mol. The Kier molecular flexibility index (Phi) is 3.58. The number of hydrogen-bond donors (Lipinski definition) is 0. The fourth-order valence-electron chi connectivity index (χ4n) is 3.40. The first-order valence-corrected chi connectivity index (χ1v) is 8.28. The molecule has 1 aromatic rings. The summed E-state index contributed by atoms with van der Waals surface area (Å²) < 4.78 is 1.23. The van der Waals surface area contributed by atoms with E-state index in [4.69, 9.17) is 0 Å². The Labute approximate surface area is 122 Å². The molecule has 2 unspecified atom stereocenters. The lowest BCUT2D eigenvalue weighted by Crippen LogP contribution is -2.47. The number of hydrogen-bond acceptors (Lipinski definition) is 4. The molecule has 20 heavy (non-hydrogen) atoms. The molecular formula is C14H19N3O2S. The summed E-state index contributed by atoms with van der Waals surface area (Å²) in [6.07, 6.45) is 6.50. The van der Waals surface area contributed by atoms with Crippen LogP contribution in [0.15, 0.2) is 16.9 Å². The molecule has 3 heterocycles. The van der Waals surface area contributed by atoms with Crippen LogP contribution in [0.1, 0.15) is 36.2 Å². The summed E-state index contributed by atoms with van der Waals surface area (Å²) in [5, 5.41) is 4.76. The number of piperidine rings is 1. The van der Waals surface area contributed by atoms with Gasteiger partial charge in [0.05, 0.1) is 0 Å².